The Balaban J connectivity index is 1.39. The summed E-state index contributed by atoms with van der Waals surface area (Å²) in [5.41, 5.74) is 3.44. The summed E-state index contributed by atoms with van der Waals surface area (Å²) < 4.78 is 18.9. The molecule has 6 heteroatoms. The van der Waals surface area contributed by atoms with Crippen molar-refractivity contribution < 1.29 is 13.7 Å². The molecule has 1 aliphatic carbocycles. The normalized spacial score (nSPS) is 15.8. The van der Waals surface area contributed by atoms with Crippen LogP contribution in [-0.4, -0.2) is 16.0 Å². The molecule has 0 saturated heterocycles. The highest BCUT2D eigenvalue weighted by atomic mass is 19.1. The van der Waals surface area contributed by atoms with Crippen molar-refractivity contribution in [3.8, 4) is 11.4 Å². The summed E-state index contributed by atoms with van der Waals surface area (Å²) in [6, 6.07) is 16.0. The first kappa shape index (κ1) is 16.2. The maximum Gasteiger partial charge on any atom is 0.246 e. The van der Waals surface area contributed by atoms with Crippen LogP contribution in [0.15, 0.2) is 64.7 Å². The van der Waals surface area contributed by atoms with Crippen LogP contribution in [0.3, 0.4) is 0 Å². The number of aromatic nitrogens is 2. The fourth-order valence-electron chi connectivity index (χ4n) is 3.01. The number of nitrogens with zero attached hydrogens (tertiary/aromatic N) is 2. The van der Waals surface area contributed by atoms with Crippen LogP contribution >= 0.6 is 0 Å². The summed E-state index contributed by atoms with van der Waals surface area (Å²) in [6.45, 7) is 2.06. The van der Waals surface area contributed by atoms with Crippen LogP contribution in [0, 0.1) is 11.7 Å². The maximum atomic E-state index is 13.8. The third-order valence-corrected chi connectivity index (χ3v) is 4.41. The standard InChI is InChI=1S/C20H16FN3O2/c1-12-17(13-7-3-2-4-8-13)18(12)20(25)22-11-16-23-19(24-26-16)14-9-5-6-10-15(14)21/h2-10,18H,11H2,1H3,(H,22,25)/t18-/m0/s1. The van der Waals surface area contributed by atoms with Crippen LogP contribution < -0.4 is 5.32 Å². The van der Waals surface area contributed by atoms with Crippen LogP contribution in [0.25, 0.3) is 17.0 Å². The van der Waals surface area contributed by atoms with Crippen molar-refractivity contribution in [2.24, 2.45) is 5.92 Å². The summed E-state index contributed by atoms with van der Waals surface area (Å²) in [5.74, 6) is -0.346. The van der Waals surface area contributed by atoms with Crippen LogP contribution in [0.2, 0.25) is 0 Å². The molecule has 0 spiro atoms. The Hall–Kier alpha value is -3.28. The van der Waals surface area contributed by atoms with Gasteiger partial charge in [-0.3, -0.25) is 4.79 Å². The molecule has 5 nitrogen and oxygen atoms in total. The van der Waals surface area contributed by atoms with Gasteiger partial charge in [0.2, 0.25) is 17.6 Å². The summed E-state index contributed by atoms with van der Waals surface area (Å²) in [6.07, 6.45) is 0. The first-order valence-electron chi connectivity index (χ1n) is 8.26. The average Bonchev–Trinajstić information content (AvgIpc) is 3.11. The zero-order chi connectivity index (χ0) is 18.1. The van der Waals surface area contributed by atoms with E-state index >= 15 is 0 Å². The summed E-state index contributed by atoms with van der Waals surface area (Å²) in [5, 5.41) is 6.58. The molecule has 0 fully saturated rings. The van der Waals surface area contributed by atoms with Gasteiger partial charge in [-0.05, 0) is 30.2 Å². The SMILES string of the molecule is CC1=C(c2ccccc2)[C@H]1C(=O)NCc1nc(-c2ccccc2F)no1. The number of benzene rings is 2. The van der Waals surface area contributed by atoms with Crippen LogP contribution in [0.4, 0.5) is 4.39 Å². The summed E-state index contributed by atoms with van der Waals surface area (Å²) >= 11 is 0. The molecule has 26 heavy (non-hydrogen) atoms. The molecule has 1 aliphatic rings. The van der Waals surface area contributed by atoms with Crippen LogP contribution in [-0.2, 0) is 11.3 Å². The molecule has 0 unspecified atom stereocenters. The van der Waals surface area contributed by atoms with Crippen LogP contribution in [0.1, 0.15) is 18.4 Å². The molecule has 1 amide bonds. The fraction of sp³-hybridized carbons (Fsp3) is 0.150. The Labute approximate surface area is 149 Å². The minimum absolute atomic E-state index is 0.103. The second-order valence-corrected chi connectivity index (χ2v) is 6.11. The minimum atomic E-state index is -0.422. The largest absolute Gasteiger partial charge is 0.346 e. The van der Waals surface area contributed by atoms with E-state index in [1.807, 2.05) is 37.3 Å². The molecule has 0 aliphatic heterocycles. The first-order chi connectivity index (χ1) is 12.6. The predicted octanol–water partition coefficient (Wildman–Crippen LogP) is 3.60. The van der Waals surface area contributed by atoms with Crippen molar-refractivity contribution in [2.45, 2.75) is 13.5 Å². The Morgan fingerprint density at radius 1 is 1.15 bits per heavy atom. The van der Waals surface area contributed by atoms with E-state index in [0.29, 0.717) is 0 Å². The van der Waals surface area contributed by atoms with Gasteiger partial charge < -0.3 is 9.84 Å². The topological polar surface area (TPSA) is 68.0 Å². The number of rotatable bonds is 5. The van der Waals surface area contributed by atoms with Gasteiger partial charge in [0.05, 0.1) is 18.0 Å². The van der Waals surface area contributed by atoms with Crippen molar-refractivity contribution in [2.75, 3.05) is 0 Å². The lowest BCUT2D eigenvalue weighted by atomic mass is 10.1. The van der Waals surface area contributed by atoms with Crippen LogP contribution in [0.5, 0.6) is 0 Å². The van der Waals surface area contributed by atoms with E-state index in [0.717, 1.165) is 16.7 Å². The Morgan fingerprint density at radius 3 is 2.65 bits per heavy atom. The fourth-order valence-corrected chi connectivity index (χ4v) is 3.01. The van der Waals surface area contributed by atoms with Crippen molar-refractivity contribution in [3.05, 3.63) is 77.4 Å². The quantitative estimate of drug-likeness (QED) is 0.764. The van der Waals surface area contributed by atoms with E-state index in [1.54, 1.807) is 18.2 Å². The number of nitrogens with one attached hydrogen (secondary N) is 1. The zero-order valence-electron chi connectivity index (χ0n) is 14.1. The molecule has 4 rings (SSSR count). The lowest BCUT2D eigenvalue weighted by molar-refractivity contribution is -0.121. The van der Waals surface area contributed by atoms with E-state index in [2.05, 4.69) is 15.5 Å². The van der Waals surface area contributed by atoms with Crippen molar-refractivity contribution in [1.29, 1.82) is 0 Å². The Morgan fingerprint density at radius 2 is 1.88 bits per heavy atom. The smallest absolute Gasteiger partial charge is 0.246 e. The second kappa shape index (κ2) is 6.55. The molecule has 3 aromatic rings. The van der Waals surface area contributed by atoms with Gasteiger partial charge in [-0.1, -0.05) is 53.2 Å². The minimum Gasteiger partial charge on any atom is -0.346 e. The van der Waals surface area contributed by atoms with E-state index < -0.39 is 5.82 Å². The highest BCUT2D eigenvalue weighted by Crippen LogP contribution is 2.46. The van der Waals surface area contributed by atoms with Gasteiger partial charge >= 0.3 is 0 Å². The predicted molar refractivity (Wildman–Crippen MR) is 94.1 cm³/mol. The van der Waals surface area contributed by atoms with Gasteiger partial charge in [0.15, 0.2) is 0 Å². The Kier molecular flexibility index (Phi) is 4.08. The molecule has 130 valence electrons. The summed E-state index contributed by atoms with van der Waals surface area (Å²) in [4.78, 5) is 16.5. The molecule has 1 heterocycles. The van der Waals surface area contributed by atoms with Gasteiger partial charge in [0.1, 0.15) is 5.82 Å². The highest BCUT2D eigenvalue weighted by molar-refractivity contribution is 6.05. The number of halogens is 1. The average molecular weight is 349 g/mol. The van der Waals surface area contributed by atoms with E-state index in [9.17, 15) is 9.18 Å². The third kappa shape index (κ3) is 3.01. The highest BCUT2D eigenvalue weighted by Gasteiger charge is 2.39. The lowest BCUT2D eigenvalue weighted by Gasteiger charge is -2.03. The number of hydrogen-bond donors (Lipinski definition) is 1. The summed E-state index contributed by atoms with van der Waals surface area (Å²) in [7, 11) is 0. The van der Waals surface area contributed by atoms with Crippen molar-refractivity contribution in [1.82, 2.24) is 15.5 Å². The van der Waals surface area contributed by atoms with Gasteiger partial charge in [0, 0.05) is 0 Å². The first-order valence-corrected chi connectivity index (χ1v) is 8.26. The maximum absolute atomic E-state index is 13.8. The molecule has 1 atom stereocenters. The third-order valence-electron chi connectivity index (χ3n) is 4.41. The molecule has 1 N–H and O–H groups in total. The van der Waals surface area contributed by atoms with Gasteiger partial charge in [-0.15, -0.1) is 0 Å². The molecule has 0 bridgehead atoms. The number of amides is 1. The number of carbonyl (C=O) groups is 1. The van der Waals surface area contributed by atoms with E-state index in [4.69, 9.17) is 4.52 Å². The molecule has 0 radical (unpaired) electrons. The van der Waals surface area contributed by atoms with Crippen molar-refractivity contribution in [3.63, 3.8) is 0 Å². The molecule has 0 saturated carbocycles. The second-order valence-electron chi connectivity index (χ2n) is 6.11. The lowest BCUT2D eigenvalue weighted by Crippen LogP contribution is -2.26. The van der Waals surface area contributed by atoms with Gasteiger partial charge in [0.25, 0.3) is 0 Å². The van der Waals surface area contributed by atoms with E-state index in [-0.39, 0.29) is 35.6 Å². The van der Waals surface area contributed by atoms with Gasteiger partial charge in [-0.2, -0.15) is 4.98 Å². The zero-order valence-corrected chi connectivity index (χ0v) is 14.1. The van der Waals surface area contributed by atoms with Crippen molar-refractivity contribution >= 4 is 11.5 Å². The van der Waals surface area contributed by atoms with E-state index in [1.165, 1.54) is 6.07 Å². The number of carbonyl (C=O) groups excluding carboxylic acids is 1. The van der Waals surface area contributed by atoms with Gasteiger partial charge in [-0.25, -0.2) is 4.39 Å². The monoisotopic (exact) mass is 349 g/mol. The number of hydrogen-bond acceptors (Lipinski definition) is 4. The molecular weight excluding hydrogens is 333 g/mol. The molecule has 2 aromatic carbocycles. The Bertz CT molecular complexity index is 995. The molecule has 1 aromatic heterocycles. The molecular formula is C20H16FN3O2.